The number of benzene rings is 2. The van der Waals surface area contributed by atoms with Crippen molar-refractivity contribution in [1.29, 1.82) is 0 Å². The number of aromatic nitrogens is 4. The number of amides is 1. The lowest BCUT2D eigenvalue weighted by atomic mass is 9.78. The van der Waals surface area contributed by atoms with E-state index in [-0.39, 0.29) is 12.2 Å². The standard InChI is InChI=1S/C34H29ClN6O3/c1-4-44-34(43)31-30(24-9-5-6-10-25(24)35)29(33(42)40-28-11-7-8-17-37-28)20(2)38-32(31)22-12-14-23(15-13-22)41-21(3)39-26-19-36-18-16-27(26)41/h5-19,30,38H,4H2,1-3H3,(H,37,40,42)/t30-/m0/s1. The first-order chi connectivity index (χ1) is 21.4. The van der Waals surface area contributed by atoms with Gasteiger partial charge in [0.25, 0.3) is 5.91 Å². The fourth-order valence-electron chi connectivity index (χ4n) is 5.58. The molecule has 10 heteroatoms. The van der Waals surface area contributed by atoms with E-state index in [0.29, 0.717) is 33.4 Å². The number of hydrogen-bond donors (Lipinski definition) is 2. The summed E-state index contributed by atoms with van der Waals surface area (Å²) in [4.78, 5) is 40.7. The van der Waals surface area contributed by atoms with Gasteiger partial charge in [0.2, 0.25) is 0 Å². The molecule has 1 atom stereocenters. The molecule has 3 aromatic heterocycles. The van der Waals surface area contributed by atoms with E-state index in [0.717, 1.165) is 28.1 Å². The number of allylic oxidation sites excluding steroid dienone is 1. The van der Waals surface area contributed by atoms with Crippen LogP contribution in [0.1, 0.15) is 36.7 Å². The number of carbonyl (C=O) groups excluding carboxylic acids is 2. The lowest BCUT2D eigenvalue weighted by Gasteiger charge is -2.32. The number of aryl methyl sites for hydroxylation is 1. The van der Waals surface area contributed by atoms with E-state index in [1.165, 1.54) is 0 Å². The van der Waals surface area contributed by atoms with Gasteiger partial charge < -0.3 is 15.4 Å². The Morgan fingerprint density at radius 3 is 2.48 bits per heavy atom. The summed E-state index contributed by atoms with van der Waals surface area (Å²) in [6.07, 6.45) is 5.07. The Morgan fingerprint density at radius 2 is 1.75 bits per heavy atom. The van der Waals surface area contributed by atoms with Crippen molar-refractivity contribution >= 4 is 46.0 Å². The zero-order chi connectivity index (χ0) is 30.8. The van der Waals surface area contributed by atoms with Crippen LogP contribution in [0.3, 0.4) is 0 Å². The number of nitrogens with zero attached hydrogens (tertiary/aromatic N) is 4. The average molecular weight is 605 g/mol. The summed E-state index contributed by atoms with van der Waals surface area (Å²) in [5, 5.41) is 6.65. The highest BCUT2D eigenvalue weighted by atomic mass is 35.5. The summed E-state index contributed by atoms with van der Waals surface area (Å²) in [6.45, 7) is 5.65. The molecule has 5 aromatic rings. The van der Waals surface area contributed by atoms with Gasteiger partial charge in [-0.2, -0.15) is 0 Å². The molecule has 1 aliphatic rings. The van der Waals surface area contributed by atoms with E-state index in [2.05, 4.69) is 25.6 Å². The molecule has 0 unspecified atom stereocenters. The molecule has 1 aliphatic heterocycles. The molecule has 220 valence electrons. The van der Waals surface area contributed by atoms with Crippen LogP contribution in [0.2, 0.25) is 5.02 Å². The number of hydrogen-bond acceptors (Lipinski definition) is 7. The van der Waals surface area contributed by atoms with Gasteiger partial charge in [0.05, 0.1) is 35.5 Å². The maximum absolute atomic E-state index is 13.9. The fraction of sp³-hybridized carbons (Fsp3) is 0.147. The Hall–Kier alpha value is -5.28. The van der Waals surface area contributed by atoms with Crippen molar-refractivity contribution in [3.8, 4) is 5.69 Å². The number of nitrogens with one attached hydrogen (secondary N) is 2. The quantitative estimate of drug-likeness (QED) is 0.208. The number of fused-ring (bicyclic) bond motifs is 1. The Bertz CT molecular complexity index is 1950. The maximum atomic E-state index is 13.9. The predicted molar refractivity (Wildman–Crippen MR) is 170 cm³/mol. The summed E-state index contributed by atoms with van der Waals surface area (Å²) in [5.41, 5.74) is 5.69. The summed E-state index contributed by atoms with van der Waals surface area (Å²) in [7, 11) is 0. The molecule has 2 N–H and O–H groups in total. The van der Waals surface area contributed by atoms with Crippen LogP contribution in [-0.4, -0.2) is 38.0 Å². The normalized spacial score (nSPS) is 14.9. The Kier molecular flexibility index (Phi) is 7.95. The number of anilines is 1. The van der Waals surface area contributed by atoms with E-state index in [1.54, 1.807) is 49.8 Å². The van der Waals surface area contributed by atoms with Crippen LogP contribution in [0.25, 0.3) is 22.4 Å². The van der Waals surface area contributed by atoms with E-state index < -0.39 is 17.8 Å². The maximum Gasteiger partial charge on any atom is 0.337 e. The molecule has 0 aliphatic carbocycles. The first-order valence-electron chi connectivity index (χ1n) is 14.1. The Labute approximate surface area is 259 Å². The van der Waals surface area contributed by atoms with Gasteiger partial charge in [-0.25, -0.2) is 14.8 Å². The minimum Gasteiger partial charge on any atom is -0.463 e. The zero-order valence-corrected chi connectivity index (χ0v) is 25.1. The Balaban J connectivity index is 1.50. The van der Waals surface area contributed by atoms with Crippen molar-refractivity contribution < 1.29 is 14.3 Å². The second-order valence-electron chi connectivity index (χ2n) is 10.2. The van der Waals surface area contributed by atoms with Crippen molar-refractivity contribution in [2.24, 2.45) is 0 Å². The lowest BCUT2D eigenvalue weighted by Crippen LogP contribution is -2.34. The monoisotopic (exact) mass is 604 g/mol. The zero-order valence-electron chi connectivity index (χ0n) is 24.3. The number of pyridine rings is 2. The number of esters is 1. The summed E-state index contributed by atoms with van der Waals surface area (Å²) in [5.74, 6) is -0.578. The van der Waals surface area contributed by atoms with Crippen LogP contribution in [0, 0.1) is 6.92 Å². The van der Waals surface area contributed by atoms with Crippen molar-refractivity contribution in [3.63, 3.8) is 0 Å². The molecule has 2 aromatic carbocycles. The van der Waals surface area contributed by atoms with Gasteiger partial charge in [-0.05, 0) is 68.3 Å². The third kappa shape index (κ3) is 5.33. The van der Waals surface area contributed by atoms with Crippen LogP contribution >= 0.6 is 11.6 Å². The van der Waals surface area contributed by atoms with Gasteiger partial charge in [-0.1, -0.05) is 48.0 Å². The molecule has 0 saturated carbocycles. The summed E-state index contributed by atoms with van der Waals surface area (Å²) >= 11 is 6.74. The highest BCUT2D eigenvalue weighted by molar-refractivity contribution is 6.31. The molecule has 1 amide bonds. The summed E-state index contributed by atoms with van der Waals surface area (Å²) < 4.78 is 7.64. The molecular formula is C34H29ClN6O3. The molecule has 44 heavy (non-hydrogen) atoms. The number of rotatable bonds is 7. The van der Waals surface area contributed by atoms with Crippen molar-refractivity contribution in [2.75, 3.05) is 11.9 Å². The first-order valence-corrected chi connectivity index (χ1v) is 14.5. The topological polar surface area (TPSA) is 111 Å². The van der Waals surface area contributed by atoms with E-state index in [9.17, 15) is 9.59 Å². The third-order valence-corrected chi connectivity index (χ3v) is 7.81. The average Bonchev–Trinajstić information content (AvgIpc) is 3.37. The van der Waals surface area contributed by atoms with Crippen molar-refractivity contribution in [2.45, 2.75) is 26.7 Å². The molecule has 9 nitrogen and oxygen atoms in total. The number of ether oxygens (including phenoxy) is 1. The minimum absolute atomic E-state index is 0.157. The van der Waals surface area contributed by atoms with Crippen LogP contribution in [0.15, 0.2) is 108 Å². The largest absolute Gasteiger partial charge is 0.463 e. The molecular weight excluding hydrogens is 576 g/mol. The predicted octanol–water partition coefficient (Wildman–Crippen LogP) is 6.35. The van der Waals surface area contributed by atoms with Crippen LogP contribution in [0.5, 0.6) is 0 Å². The van der Waals surface area contributed by atoms with Gasteiger partial charge in [-0.15, -0.1) is 0 Å². The van der Waals surface area contributed by atoms with Gasteiger partial charge in [0, 0.05) is 34.4 Å². The molecule has 0 saturated heterocycles. The molecule has 0 spiro atoms. The first kappa shape index (κ1) is 28.8. The van der Waals surface area contributed by atoms with Gasteiger partial charge in [0.1, 0.15) is 17.2 Å². The van der Waals surface area contributed by atoms with Gasteiger partial charge >= 0.3 is 5.97 Å². The number of carbonyl (C=O) groups is 2. The molecule has 0 radical (unpaired) electrons. The van der Waals surface area contributed by atoms with Gasteiger partial charge in [-0.3, -0.25) is 14.3 Å². The second kappa shape index (κ2) is 12.1. The molecule has 4 heterocycles. The van der Waals surface area contributed by atoms with Gasteiger partial charge in [0.15, 0.2) is 0 Å². The fourth-order valence-corrected chi connectivity index (χ4v) is 5.83. The second-order valence-corrected chi connectivity index (χ2v) is 10.6. The summed E-state index contributed by atoms with van der Waals surface area (Å²) in [6, 6.07) is 22.2. The highest BCUT2D eigenvalue weighted by Crippen LogP contribution is 2.44. The van der Waals surface area contributed by atoms with Crippen molar-refractivity contribution in [3.05, 3.63) is 130 Å². The molecule has 0 fully saturated rings. The number of imidazole rings is 1. The smallest absolute Gasteiger partial charge is 0.337 e. The third-order valence-electron chi connectivity index (χ3n) is 7.46. The lowest BCUT2D eigenvalue weighted by molar-refractivity contribution is -0.138. The Morgan fingerprint density at radius 1 is 0.977 bits per heavy atom. The SMILES string of the molecule is CCOC(=O)C1=C(c2ccc(-n3c(C)nc4cnccc43)cc2)NC(C)=C(C(=O)Nc2ccccn2)[C@@H]1c1ccccc1Cl. The van der Waals surface area contributed by atoms with Crippen LogP contribution in [-0.2, 0) is 14.3 Å². The van der Waals surface area contributed by atoms with Crippen molar-refractivity contribution in [1.82, 2.24) is 24.8 Å². The molecule has 0 bridgehead atoms. The number of dihydropyridines is 1. The van der Waals surface area contributed by atoms with Crippen LogP contribution < -0.4 is 10.6 Å². The highest BCUT2D eigenvalue weighted by Gasteiger charge is 2.39. The van der Waals surface area contributed by atoms with E-state index >= 15 is 0 Å². The number of halogens is 1. The van der Waals surface area contributed by atoms with E-state index in [1.807, 2.05) is 66.9 Å². The molecule has 6 rings (SSSR count). The minimum atomic E-state index is -0.824. The van der Waals surface area contributed by atoms with Crippen LogP contribution in [0.4, 0.5) is 5.82 Å². The van der Waals surface area contributed by atoms with E-state index in [4.69, 9.17) is 16.3 Å².